The number of benzene rings is 1. The Labute approximate surface area is 387 Å². The Kier molecular flexibility index (Phi) is 20.7. The fourth-order valence-corrected chi connectivity index (χ4v) is 8.05. The van der Waals surface area contributed by atoms with Crippen LogP contribution < -0.4 is 10.1 Å². The van der Waals surface area contributed by atoms with Crippen molar-refractivity contribution in [2.24, 2.45) is 5.92 Å². The van der Waals surface area contributed by atoms with Crippen LogP contribution in [0.2, 0.25) is 0 Å². The van der Waals surface area contributed by atoms with Crippen molar-refractivity contribution in [1.29, 1.82) is 0 Å². The van der Waals surface area contributed by atoms with E-state index < -0.39 is 179 Å². The zero-order chi connectivity index (χ0) is 50.1. The number of halogens is 2. The lowest BCUT2D eigenvalue weighted by Crippen LogP contribution is -2.67. The highest BCUT2D eigenvalue weighted by Crippen LogP contribution is 2.37. The average Bonchev–Trinajstić information content (AvgIpc) is 3.32. The Balaban J connectivity index is 1.22. The van der Waals surface area contributed by atoms with E-state index in [9.17, 15) is 84.8 Å². The molecule has 0 aliphatic carbocycles. The van der Waals surface area contributed by atoms with Gasteiger partial charge in [-0.05, 0) is 24.6 Å². The molecule has 4 aliphatic heterocycles. The standard InChI is InChI=1S/C42H61F2NO23/c1-3-5-7-18(50)10-16(6-4-2)38(60)45-17-8-9-20(19(11-17)37(43)44)61-39-31(57)27(53)34(22(13-47)63-39)67-41-33(59)29(55)36(24(15-49)65-41)68-42-32(58)28(54)35(23(14-48)64-42)66-40-30(56)26(52)25(51)21(12-46)62-40/h2,8-9,11,16,21-37,39-42,46-49,51-59H,3,5-7,10,12-15H2,1H3,(H,45,60)/t16?,21?,22?,23?,24?,25-,26+,27-,28-,29-,30?,31?,32?,33?,34-,35-,36-,39-,40-,41-,42-/m1/s1. The summed E-state index contributed by atoms with van der Waals surface area (Å²) in [7, 11) is 0. The summed E-state index contributed by atoms with van der Waals surface area (Å²) in [5, 5.41) is 140. The van der Waals surface area contributed by atoms with E-state index in [1.165, 1.54) is 6.07 Å². The molecule has 26 heteroatoms. The smallest absolute Gasteiger partial charge is 0.267 e. The monoisotopic (exact) mass is 985 g/mol. The predicted octanol–water partition coefficient (Wildman–Crippen LogP) is -5.00. The van der Waals surface area contributed by atoms with Gasteiger partial charge in [0.05, 0.1) is 37.9 Å². The van der Waals surface area contributed by atoms with Crippen LogP contribution in [0.15, 0.2) is 18.2 Å². The molecule has 21 atom stereocenters. The molecular weight excluding hydrogens is 924 g/mol. The van der Waals surface area contributed by atoms with Gasteiger partial charge in [-0.25, -0.2) is 8.78 Å². The maximum atomic E-state index is 14.4. The summed E-state index contributed by atoms with van der Waals surface area (Å²) in [6.07, 6.45) is -34.2. The van der Waals surface area contributed by atoms with E-state index in [-0.39, 0.29) is 30.7 Å². The number of aliphatic hydroxyl groups excluding tert-OH is 13. The van der Waals surface area contributed by atoms with Gasteiger partial charge >= 0.3 is 0 Å². The first-order chi connectivity index (χ1) is 32.3. The second kappa shape index (κ2) is 25.2. The number of hydrogen-bond donors (Lipinski definition) is 14. The van der Waals surface area contributed by atoms with Crippen LogP contribution in [-0.2, 0) is 42.7 Å². The highest BCUT2D eigenvalue weighted by atomic mass is 19.3. The van der Waals surface area contributed by atoms with Gasteiger partial charge in [-0.1, -0.05) is 13.3 Å². The lowest BCUT2D eigenvalue weighted by molar-refractivity contribution is -0.387. The van der Waals surface area contributed by atoms with Gasteiger partial charge in [0.2, 0.25) is 12.2 Å². The minimum atomic E-state index is -3.23. The van der Waals surface area contributed by atoms with Crippen LogP contribution in [-0.4, -0.2) is 227 Å². The fourth-order valence-electron chi connectivity index (χ4n) is 8.05. The molecule has 4 aliphatic rings. The molecular formula is C42H61F2NO23. The van der Waals surface area contributed by atoms with Crippen molar-refractivity contribution in [2.75, 3.05) is 31.7 Å². The first kappa shape index (κ1) is 55.7. The predicted molar refractivity (Wildman–Crippen MR) is 218 cm³/mol. The van der Waals surface area contributed by atoms with Crippen molar-refractivity contribution in [1.82, 2.24) is 0 Å². The number of hydrogen-bond acceptors (Lipinski definition) is 23. The van der Waals surface area contributed by atoms with Gasteiger partial charge in [0.15, 0.2) is 18.9 Å². The Morgan fingerprint density at radius 3 is 1.54 bits per heavy atom. The largest absolute Gasteiger partial charge is 0.461 e. The van der Waals surface area contributed by atoms with Crippen LogP contribution >= 0.6 is 0 Å². The van der Waals surface area contributed by atoms with Crippen molar-refractivity contribution in [3.63, 3.8) is 0 Å². The second-order valence-electron chi connectivity index (χ2n) is 16.7. The molecule has 386 valence electrons. The van der Waals surface area contributed by atoms with Crippen LogP contribution in [0.3, 0.4) is 0 Å². The van der Waals surface area contributed by atoms with Crippen LogP contribution in [0, 0.1) is 18.3 Å². The van der Waals surface area contributed by atoms with E-state index in [4.69, 9.17) is 44.3 Å². The Morgan fingerprint density at radius 2 is 1.10 bits per heavy atom. The summed E-state index contributed by atoms with van der Waals surface area (Å²) in [5.41, 5.74) is -0.912. The Hall–Kier alpha value is -3.22. The number of anilines is 1. The quantitative estimate of drug-likeness (QED) is 0.0513. The van der Waals surface area contributed by atoms with Crippen molar-refractivity contribution < 1.29 is 123 Å². The van der Waals surface area contributed by atoms with E-state index in [1.807, 2.05) is 6.92 Å². The lowest BCUT2D eigenvalue weighted by atomic mass is 9.95. The molecule has 0 radical (unpaired) electrons. The summed E-state index contributed by atoms with van der Waals surface area (Å²) in [6.45, 7) is -1.88. The highest BCUT2D eigenvalue weighted by molar-refractivity contribution is 5.95. The first-order valence-electron chi connectivity index (χ1n) is 21.8. The third-order valence-electron chi connectivity index (χ3n) is 12.0. The van der Waals surface area contributed by atoms with E-state index in [0.29, 0.717) is 6.42 Å². The van der Waals surface area contributed by atoms with Crippen molar-refractivity contribution in [3.05, 3.63) is 23.8 Å². The molecule has 1 amide bonds. The molecule has 0 aromatic heterocycles. The molecule has 0 saturated carbocycles. The number of ether oxygens (including phenoxy) is 8. The van der Waals surface area contributed by atoms with E-state index in [1.54, 1.807) is 0 Å². The summed E-state index contributed by atoms with van der Waals surface area (Å²) in [4.78, 5) is 25.4. The maximum Gasteiger partial charge on any atom is 0.267 e. The Morgan fingerprint density at radius 1 is 0.662 bits per heavy atom. The Bertz CT molecular complexity index is 1810. The third kappa shape index (κ3) is 12.8. The molecule has 0 bridgehead atoms. The molecule has 0 spiro atoms. The third-order valence-corrected chi connectivity index (χ3v) is 12.0. The maximum absolute atomic E-state index is 14.4. The molecule has 14 N–H and O–H groups in total. The molecule has 4 heterocycles. The van der Waals surface area contributed by atoms with E-state index in [0.717, 1.165) is 18.6 Å². The molecule has 24 nitrogen and oxygen atoms in total. The number of carbonyl (C=O) groups is 2. The summed E-state index contributed by atoms with van der Waals surface area (Å²) in [6, 6.07) is 3.07. The molecule has 1 aromatic rings. The van der Waals surface area contributed by atoms with Gasteiger partial charge in [-0.2, -0.15) is 0 Å². The fraction of sp³-hybridized carbons (Fsp3) is 0.762. The zero-order valence-electron chi connectivity index (χ0n) is 36.5. The SMILES string of the molecule is C#CCC(CC(=O)CCCC)C(=O)Nc1ccc(O[C@@H]2OC(CO)[C@@H](O[C@H]3OC(CO)[C@@H](O[C@H]4OC(CO)[C@@H](O[C@H]5OC(CO)[C@@H](O)[C@H](O)C5O)[C@H](O)C4O)[C@H](O)C3O)[C@H](O)C2O)c(C(F)F)c1. The average molecular weight is 986 g/mol. The normalized spacial score (nSPS) is 39.2. The minimum absolute atomic E-state index is 0.0920. The number of rotatable bonds is 21. The first-order valence-corrected chi connectivity index (χ1v) is 21.8. The molecule has 68 heavy (non-hydrogen) atoms. The van der Waals surface area contributed by atoms with Crippen LogP contribution in [0.5, 0.6) is 5.75 Å². The molecule has 5 rings (SSSR count). The number of amides is 1. The number of Topliss-reactive ketones (excluding diaryl/α,β-unsaturated/α-hetero) is 1. The number of ketones is 1. The number of terminal acetylenes is 1. The van der Waals surface area contributed by atoms with Crippen molar-refractivity contribution >= 4 is 17.4 Å². The van der Waals surface area contributed by atoms with Gasteiger partial charge in [0, 0.05) is 24.9 Å². The minimum Gasteiger partial charge on any atom is -0.461 e. The van der Waals surface area contributed by atoms with E-state index in [2.05, 4.69) is 11.2 Å². The highest BCUT2D eigenvalue weighted by Gasteiger charge is 2.55. The summed E-state index contributed by atoms with van der Waals surface area (Å²) < 4.78 is 73.2. The van der Waals surface area contributed by atoms with Gasteiger partial charge in [-0.3, -0.25) is 9.59 Å². The molecule has 4 saturated heterocycles. The van der Waals surface area contributed by atoms with Crippen LogP contribution in [0.1, 0.15) is 51.0 Å². The van der Waals surface area contributed by atoms with Crippen LogP contribution in [0.25, 0.3) is 0 Å². The summed E-state index contributed by atoms with van der Waals surface area (Å²) >= 11 is 0. The number of aliphatic hydroxyl groups is 13. The topological polar surface area (TPSA) is 383 Å². The lowest BCUT2D eigenvalue weighted by Gasteiger charge is -2.49. The molecule has 1 aromatic carbocycles. The number of carbonyl (C=O) groups excluding carboxylic acids is 2. The number of unbranched alkanes of at least 4 members (excludes halogenated alkanes) is 1. The van der Waals surface area contributed by atoms with Gasteiger partial charge in [0.1, 0.15) is 109 Å². The molecule has 4 fully saturated rings. The van der Waals surface area contributed by atoms with Crippen molar-refractivity contribution in [2.45, 2.75) is 168 Å². The zero-order valence-corrected chi connectivity index (χ0v) is 36.5. The molecule has 9 unspecified atom stereocenters. The number of nitrogens with one attached hydrogen (secondary N) is 1. The summed E-state index contributed by atoms with van der Waals surface area (Å²) in [5.74, 6) is -0.0534. The van der Waals surface area contributed by atoms with Crippen LogP contribution in [0.4, 0.5) is 14.5 Å². The van der Waals surface area contributed by atoms with Crippen molar-refractivity contribution in [3.8, 4) is 18.1 Å². The second-order valence-corrected chi connectivity index (χ2v) is 16.7. The van der Waals surface area contributed by atoms with Gasteiger partial charge in [-0.15, -0.1) is 12.3 Å². The van der Waals surface area contributed by atoms with Gasteiger partial charge < -0.3 is 110 Å². The van der Waals surface area contributed by atoms with E-state index >= 15 is 0 Å². The van der Waals surface area contributed by atoms with Gasteiger partial charge in [0.25, 0.3) is 6.43 Å². The number of alkyl halides is 2.